The van der Waals surface area contributed by atoms with E-state index in [4.69, 9.17) is 0 Å². The van der Waals surface area contributed by atoms with Crippen molar-refractivity contribution in [3.63, 3.8) is 0 Å². The van der Waals surface area contributed by atoms with Gasteiger partial charge in [-0.2, -0.15) is 0 Å². The van der Waals surface area contributed by atoms with Gasteiger partial charge in [0.15, 0.2) is 5.13 Å². The molecule has 0 saturated heterocycles. The highest BCUT2D eigenvalue weighted by Gasteiger charge is 2.19. The monoisotopic (exact) mass is 350 g/mol. The zero-order chi connectivity index (χ0) is 16.6. The molecule has 23 heavy (non-hydrogen) atoms. The van der Waals surface area contributed by atoms with Gasteiger partial charge in [0.2, 0.25) is 0 Å². The minimum Gasteiger partial charge on any atom is -0.465 e. The van der Waals surface area contributed by atoms with Crippen LogP contribution in [0.3, 0.4) is 0 Å². The molecule has 0 fully saturated rings. The van der Waals surface area contributed by atoms with Crippen LogP contribution in [0.4, 0.5) is 9.52 Å². The number of nitrogens with one attached hydrogen (secondary N) is 1. The summed E-state index contributed by atoms with van der Waals surface area (Å²) >= 11 is 2.23. The number of nitrogens with zero attached hydrogens (tertiary/aromatic N) is 1. The molecule has 3 rings (SSSR count). The Morgan fingerprint density at radius 3 is 2.78 bits per heavy atom. The normalized spacial score (nSPS) is 10.7. The molecule has 5 nitrogen and oxygen atoms in total. The number of anilines is 1. The van der Waals surface area contributed by atoms with Gasteiger partial charge in [-0.15, -0.1) is 11.3 Å². The summed E-state index contributed by atoms with van der Waals surface area (Å²) < 4.78 is 19.2. The molecule has 3 aromatic rings. The Morgan fingerprint density at radius 1 is 1.30 bits per heavy atom. The number of esters is 1. The Bertz CT molecular complexity index is 917. The summed E-state index contributed by atoms with van der Waals surface area (Å²) in [6.07, 6.45) is 1.34. The predicted octanol–water partition coefficient (Wildman–Crippen LogP) is 3.84. The Labute approximate surface area is 138 Å². The molecule has 0 aliphatic rings. The van der Waals surface area contributed by atoms with Crippen molar-refractivity contribution in [3.8, 4) is 0 Å². The second kappa shape index (κ2) is 6.05. The quantitative estimate of drug-likeness (QED) is 0.729. The lowest BCUT2D eigenvalue weighted by molar-refractivity contribution is 0.0606. The number of halogens is 1. The number of methoxy groups -OCH3 is 1. The lowest BCUT2D eigenvalue weighted by Gasteiger charge is -2.00. The van der Waals surface area contributed by atoms with Crippen molar-refractivity contribution in [2.75, 3.05) is 12.4 Å². The number of benzene rings is 1. The first-order chi connectivity index (χ1) is 11.0. The van der Waals surface area contributed by atoms with E-state index in [-0.39, 0.29) is 16.9 Å². The number of fused-ring (bicyclic) bond motifs is 1. The van der Waals surface area contributed by atoms with E-state index < -0.39 is 5.97 Å². The van der Waals surface area contributed by atoms with E-state index in [0.29, 0.717) is 25.4 Å². The number of thiophene rings is 1. The van der Waals surface area contributed by atoms with Crippen LogP contribution in [0.15, 0.2) is 24.4 Å². The Balaban J connectivity index is 1.89. The van der Waals surface area contributed by atoms with E-state index in [2.05, 4.69) is 15.0 Å². The largest absolute Gasteiger partial charge is 0.465 e. The lowest BCUT2D eigenvalue weighted by Crippen LogP contribution is -2.11. The summed E-state index contributed by atoms with van der Waals surface area (Å²) in [6, 6.07) is 4.75. The number of thiazole rings is 1. The van der Waals surface area contributed by atoms with Crippen LogP contribution in [0.5, 0.6) is 0 Å². The topological polar surface area (TPSA) is 68.3 Å². The lowest BCUT2D eigenvalue weighted by atomic mass is 10.1. The van der Waals surface area contributed by atoms with E-state index in [1.54, 1.807) is 19.1 Å². The first-order valence-electron chi connectivity index (χ1n) is 6.54. The fourth-order valence-corrected chi connectivity index (χ4v) is 4.00. The summed E-state index contributed by atoms with van der Waals surface area (Å²) in [5.74, 6) is -1.24. The maximum atomic E-state index is 13.9. The molecule has 0 aliphatic heterocycles. The Hall–Kier alpha value is -2.32. The smallest absolute Gasteiger partial charge is 0.349 e. The molecule has 2 heterocycles. The van der Waals surface area contributed by atoms with Crippen LogP contribution in [0.1, 0.15) is 24.9 Å². The van der Waals surface area contributed by atoms with Crippen molar-refractivity contribution >= 4 is 49.8 Å². The van der Waals surface area contributed by atoms with Gasteiger partial charge in [-0.3, -0.25) is 10.1 Å². The number of carbonyl (C=O) groups is 2. The van der Waals surface area contributed by atoms with Crippen molar-refractivity contribution in [1.29, 1.82) is 0 Å². The number of carbonyl (C=O) groups excluding carboxylic acids is 2. The SMILES string of the molecule is COC(=O)c1cnc(NC(=O)c2sc3cccc(F)c3c2C)s1. The third-order valence-electron chi connectivity index (χ3n) is 3.22. The number of amides is 1. The van der Waals surface area contributed by atoms with Gasteiger partial charge in [-0.25, -0.2) is 14.2 Å². The maximum absolute atomic E-state index is 13.9. The minimum absolute atomic E-state index is 0.285. The van der Waals surface area contributed by atoms with Gasteiger partial charge < -0.3 is 4.74 Å². The average molecular weight is 350 g/mol. The summed E-state index contributed by atoms with van der Waals surface area (Å²) in [7, 11) is 1.27. The van der Waals surface area contributed by atoms with Crippen LogP contribution in [-0.4, -0.2) is 24.0 Å². The highest BCUT2D eigenvalue weighted by Crippen LogP contribution is 2.33. The zero-order valence-corrected chi connectivity index (χ0v) is 13.8. The van der Waals surface area contributed by atoms with Gasteiger partial charge in [0.1, 0.15) is 10.7 Å². The molecule has 0 unspecified atom stereocenters. The van der Waals surface area contributed by atoms with Gasteiger partial charge >= 0.3 is 5.97 Å². The number of aryl methyl sites for hydroxylation is 1. The molecule has 0 bridgehead atoms. The van der Waals surface area contributed by atoms with E-state index >= 15 is 0 Å². The first-order valence-corrected chi connectivity index (χ1v) is 8.17. The fraction of sp³-hybridized carbons (Fsp3) is 0.133. The Kier molecular flexibility index (Phi) is 4.10. The number of rotatable bonds is 3. The van der Waals surface area contributed by atoms with Crippen molar-refractivity contribution in [3.05, 3.63) is 45.5 Å². The van der Waals surface area contributed by atoms with Gasteiger partial charge in [-0.05, 0) is 24.6 Å². The number of hydrogen-bond donors (Lipinski definition) is 1. The molecule has 0 aliphatic carbocycles. The van der Waals surface area contributed by atoms with Crippen molar-refractivity contribution in [2.45, 2.75) is 6.92 Å². The molecule has 0 saturated carbocycles. The second-order valence-corrected chi connectivity index (χ2v) is 6.73. The third kappa shape index (κ3) is 2.82. The van der Waals surface area contributed by atoms with E-state index in [1.807, 2.05) is 0 Å². The van der Waals surface area contributed by atoms with Crippen LogP contribution < -0.4 is 5.32 Å². The van der Waals surface area contributed by atoms with E-state index in [9.17, 15) is 14.0 Å². The summed E-state index contributed by atoms with van der Waals surface area (Å²) in [5, 5.41) is 3.37. The molecule has 2 aromatic heterocycles. The first kappa shape index (κ1) is 15.6. The molecular formula is C15H11FN2O3S2. The third-order valence-corrected chi connectivity index (χ3v) is 5.37. The van der Waals surface area contributed by atoms with Gasteiger partial charge in [0, 0.05) is 10.1 Å². The van der Waals surface area contributed by atoms with Crippen LogP contribution in [-0.2, 0) is 4.74 Å². The van der Waals surface area contributed by atoms with E-state index in [0.717, 1.165) is 11.3 Å². The fourth-order valence-electron chi connectivity index (χ4n) is 2.15. The van der Waals surface area contributed by atoms with Gasteiger partial charge in [0.05, 0.1) is 18.2 Å². The van der Waals surface area contributed by atoms with Crippen molar-refractivity contribution in [1.82, 2.24) is 4.98 Å². The summed E-state index contributed by atoms with van der Waals surface area (Å²) in [5.41, 5.74) is 0.588. The van der Waals surface area contributed by atoms with Crippen LogP contribution in [0.25, 0.3) is 10.1 Å². The van der Waals surface area contributed by atoms with Gasteiger partial charge in [0.25, 0.3) is 5.91 Å². The molecule has 0 radical (unpaired) electrons. The molecule has 1 aromatic carbocycles. The van der Waals surface area contributed by atoms with Gasteiger partial charge in [-0.1, -0.05) is 17.4 Å². The maximum Gasteiger partial charge on any atom is 0.349 e. The van der Waals surface area contributed by atoms with Crippen molar-refractivity contribution < 1.29 is 18.7 Å². The standard InChI is InChI=1S/C15H11FN2O3S2/c1-7-11-8(16)4-3-5-9(11)22-12(7)13(19)18-15-17-6-10(23-15)14(20)21-2/h3-6H,1-2H3,(H,17,18,19). The van der Waals surface area contributed by atoms with Crippen molar-refractivity contribution in [2.24, 2.45) is 0 Å². The number of hydrogen-bond acceptors (Lipinski definition) is 6. The zero-order valence-electron chi connectivity index (χ0n) is 12.2. The highest BCUT2D eigenvalue weighted by molar-refractivity contribution is 7.21. The molecular weight excluding hydrogens is 339 g/mol. The van der Waals surface area contributed by atoms with Crippen LogP contribution in [0, 0.1) is 12.7 Å². The highest BCUT2D eigenvalue weighted by atomic mass is 32.1. The van der Waals surface area contributed by atoms with E-state index in [1.165, 1.54) is 30.7 Å². The molecule has 0 atom stereocenters. The predicted molar refractivity (Wildman–Crippen MR) is 87.9 cm³/mol. The number of ether oxygens (including phenoxy) is 1. The summed E-state index contributed by atoms with van der Waals surface area (Å²) in [6.45, 7) is 1.71. The second-order valence-electron chi connectivity index (χ2n) is 4.64. The minimum atomic E-state index is -0.511. The molecule has 0 spiro atoms. The average Bonchev–Trinajstić information content (AvgIpc) is 3.12. The molecule has 118 valence electrons. The molecule has 1 amide bonds. The number of aromatic nitrogens is 1. The summed E-state index contributed by atoms with van der Waals surface area (Å²) in [4.78, 5) is 28.5. The molecule has 1 N–H and O–H groups in total. The molecule has 8 heteroatoms. The Morgan fingerprint density at radius 2 is 2.09 bits per heavy atom. The van der Waals surface area contributed by atoms with Crippen LogP contribution >= 0.6 is 22.7 Å². The van der Waals surface area contributed by atoms with Crippen LogP contribution in [0.2, 0.25) is 0 Å².